The third-order valence-electron chi connectivity index (χ3n) is 4.43. The van der Waals surface area contributed by atoms with Gasteiger partial charge in [0.1, 0.15) is 0 Å². The lowest BCUT2D eigenvalue weighted by molar-refractivity contribution is 0.0951. The maximum Gasteiger partial charge on any atom is 0.264 e. The van der Waals surface area contributed by atoms with Crippen LogP contribution >= 0.6 is 0 Å². The molecule has 5 nitrogen and oxygen atoms in total. The second-order valence-corrected chi connectivity index (χ2v) is 8.47. The van der Waals surface area contributed by atoms with E-state index in [4.69, 9.17) is 0 Å². The van der Waals surface area contributed by atoms with Crippen LogP contribution in [0.1, 0.15) is 21.5 Å². The number of carbonyl (C=O) groups is 1. The predicted octanol–water partition coefficient (Wildman–Crippen LogP) is 3.75. The molecular weight excluding hydrogens is 372 g/mol. The van der Waals surface area contributed by atoms with Gasteiger partial charge in [0.2, 0.25) is 0 Å². The maximum absolute atomic E-state index is 12.8. The summed E-state index contributed by atoms with van der Waals surface area (Å²) < 4.78 is 26.8. The Morgan fingerprint density at radius 3 is 2.25 bits per heavy atom. The number of rotatable bonds is 6. The minimum Gasteiger partial charge on any atom is -0.348 e. The SMILES string of the molecule is Cc1cccc(CNC(=O)c2ccc(S(=O)(=O)N(C)c3ccccc3)cc2)c1. The second kappa shape index (κ2) is 8.27. The molecule has 0 aliphatic carbocycles. The zero-order valence-electron chi connectivity index (χ0n) is 15.8. The van der Waals surface area contributed by atoms with Gasteiger partial charge in [-0.2, -0.15) is 0 Å². The molecule has 0 unspecified atom stereocenters. The number of hydrogen-bond acceptors (Lipinski definition) is 3. The van der Waals surface area contributed by atoms with Crippen LogP contribution in [0.25, 0.3) is 0 Å². The third-order valence-corrected chi connectivity index (χ3v) is 6.23. The fourth-order valence-corrected chi connectivity index (χ4v) is 4.02. The third kappa shape index (κ3) is 4.40. The van der Waals surface area contributed by atoms with Crippen LogP contribution in [0.15, 0.2) is 83.8 Å². The molecule has 1 N–H and O–H groups in total. The zero-order valence-corrected chi connectivity index (χ0v) is 16.6. The highest BCUT2D eigenvalue weighted by Gasteiger charge is 2.21. The molecule has 0 aromatic heterocycles. The van der Waals surface area contributed by atoms with E-state index in [0.29, 0.717) is 17.8 Å². The number of amides is 1. The minimum atomic E-state index is -3.69. The molecule has 0 saturated heterocycles. The summed E-state index contributed by atoms with van der Waals surface area (Å²) in [6.07, 6.45) is 0. The van der Waals surface area contributed by atoms with Crippen molar-refractivity contribution in [1.82, 2.24) is 5.32 Å². The van der Waals surface area contributed by atoms with E-state index < -0.39 is 10.0 Å². The van der Waals surface area contributed by atoms with Crippen LogP contribution in [0.5, 0.6) is 0 Å². The minimum absolute atomic E-state index is 0.133. The fraction of sp³-hybridized carbons (Fsp3) is 0.136. The molecule has 3 aromatic carbocycles. The fourth-order valence-electron chi connectivity index (χ4n) is 2.82. The van der Waals surface area contributed by atoms with Crippen molar-refractivity contribution in [2.45, 2.75) is 18.4 Å². The van der Waals surface area contributed by atoms with E-state index in [0.717, 1.165) is 11.1 Å². The molecule has 0 aliphatic heterocycles. The molecule has 6 heteroatoms. The molecule has 0 atom stereocenters. The lowest BCUT2D eigenvalue weighted by Crippen LogP contribution is -2.27. The summed E-state index contributed by atoms with van der Waals surface area (Å²) in [6, 6.07) is 22.7. The lowest BCUT2D eigenvalue weighted by atomic mass is 10.1. The lowest BCUT2D eigenvalue weighted by Gasteiger charge is -2.19. The van der Waals surface area contributed by atoms with Crippen LogP contribution in [0.3, 0.4) is 0 Å². The first-order valence-electron chi connectivity index (χ1n) is 8.86. The van der Waals surface area contributed by atoms with Gasteiger partial charge in [0, 0.05) is 19.2 Å². The molecule has 28 heavy (non-hydrogen) atoms. The number of nitrogens with one attached hydrogen (secondary N) is 1. The van der Waals surface area contributed by atoms with Crippen molar-refractivity contribution in [1.29, 1.82) is 0 Å². The number of aryl methyl sites for hydroxylation is 1. The molecule has 0 fully saturated rings. The normalized spacial score (nSPS) is 11.1. The van der Waals surface area contributed by atoms with Crippen LogP contribution < -0.4 is 9.62 Å². The van der Waals surface area contributed by atoms with Crippen LogP contribution in [0, 0.1) is 6.92 Å². The van der Waals surface area contributed by atoms with Crippen molar-refractivity contribution in [3.05, 3.63) is 95.6 Å². The molecule has 0 saturated carbocycles. The highest BCUT2D eigenvalue weighted by atomic mass is 32.2. The molecule has 0 spiro atoms. The van der Waals surface area contributed by atoms with E-state index in [1.54, 1.807) is 24.3 Å². The molecule has 3 aromatic rings. The smallest absolute Gasteiger partial charge is 0.264 e. The first kappa shape index (κ1) is 19.6. The predicted molar refractivity (Wildman–Crippen MR) is 111 cm³/mol. The van der Waals surface area contributed by atoms with E-state index in [1.807, 2.05) is 37.3 Å². The van der Waals surface area contributed by atoms with E-state index in [1.165, 1.54) is 35.6 Å². The van der Waals surface area contributed by atoms with Gasteiger partial charge in [0.15, 0.2) is 0 Å². The van der Waals surface area contributed by atoms with E-state index in [2.05, 4.69) is 5.32 Å². The standard InChI is InChI=1S/C22H22N2O3S/c1-17-7-6-8-18(15-17)16-23-22(25)19-11-13-21(14-12-19)28(26,27)24(2)20-9-4-3-5-10-20/h3-15H,16H2,1-2H3,(H,23,25). The van der Waals surface area contributed by atoms with Crippen molar-refractivity contribution in [3.63, 3.8) is 0 Å². The zero-order chi connectivity index (χ0) is 20.1. The average molecular weight is 394 g/mol. The molecule has 0 aliphatic rings. The summed E-state index contributed by atoms with van der Waals surface area (Å²) in [5.74, 6) is -0.248. The van der Waals surface area contributed by atoms with Crippen molar-refractivity contribution in [2.75, 3.05) is 11.4 Å². The van der Waals surface area contributed by atoms with Gasteiger partial charge in [-0.15, -0.1) is 0 Å². The van der Waals surface area contributed by atoms with Gasteiger partial charge in [0.05, 0.1) is 10.6 Å². The van der Waals surface area contributed by atoms with Gasteiger partial charge in [0.25, 0.3) is 15.9 Å². The Morgan fingerprint density at radius 1 is 0.929 bits per heavy atom. The number of anilines is 1. The number of carbonyl (C=O) groups excluding carboxylic acids is 1. The molecular formula is C22H22N2O3S. The topological polar surface area (TPSA) is 66.5 Å². The Morgan fingerprint density at radius 2 is 1.61 bits per heavy atom. The Bertz CT molecular complexity index is 1060. The number of hydrogen-bond donors (Lipinski definition) is 1. The van der Waals surface area contributed by atoms with Crippen LogP contribution in [-0.4, -0.2) is 21.4 Å². The largest absolute Gasteiger partial charge is 0.348 e. The van der Waals surface area contributed by atoms with Gasteiger partial charge in [-0.25, -0.2) is 8.42 Å². The molecule has 0 bridgehead atoms. The second-order valence-electron chi connectivity index (χ2n) is 6.50. The molecule has 1 amide bonds. The van der Waals surface area contributed by atoms with Crippen LogP contribution in [0.2, 0.25) is 0 Å². The quantitative estimate of drug-likeness (QED) is 0.692. The molecule has 144 valence electrons. The summed E-state index contributed by atoms with van der Waals surface area (Å²) in [6.45, 7) is 2.41. The van der Waals surface area contributed by atoms with E-state index in [9.17, 15) is 13.2 Å². The highest BCUT2D eigenvalue weighted by molar-refractivity contribution is 7.92. The number of sulfonamides is 1. The summed E-state index contributed by atoms with van der Waals surface area (Å²) in [4.78, 5) is 12.5. The van der Waals surface area contributed by atoms with Crippen LogP contribution in [0.4, 0.5) is 5.69 Å². The van der Waals surface area contributed by atoms with Crippen LogP contribution in [-0.2, 0) is 16.6 Å². The summed E-state index contributed by atoms with van der Waals surface area (Å²) >= 11 is 0. The molecule has 0 heterocycles. The first-order chi connectivity index (χ1) is 13.4. The Kier molecular flexibility index (Phi) is 5.80. The monoisotopic (exact) mass is 394 g/mol. The Labute approximate surface area is 165 Å². The average Bonchev–Trinajstić information content (AvgIpc) is 2.72. The van der Waals surface area contributed by atoms with Gasteiger partial charge < -0.3 is 5.32 Å². The number of nitrogens with zero attached hydrogens (tertiary/aromatic N) is 1. The van der Waals surface area contributed by atoms with Gasteiger partial charge >= 0.3 is 0 Å². The van der Waals surface area contributed by atoms with Crippen molar-refractivity contribution in [2.24, 2.45) is 0 Å². The van der Waals surface area contributed by atoms with Gasteiger partial charge in [-0.05, 0) is 48.9 Å². The summed E-state index contributed by atoms with van der Waals surface area (Å²) in [7, 11) is -2.19. The Balaban J connectivity index is 1.71. The first-order valence-corrected chi connectivity index (χ1v) is 10.3. The summed E-state index contributed by atoms with van der Waals surface area (Å²) in [5.41, 5.74) is 3.12. The van der Waals surface area contributed by atoms with Gasteiger partial charge in [-0.1, -0.05) is 48.0 Å². The highest BCUT2D eigenvalue weighted by Crippen LogP contribution is 2.21. The van der Waals surface area contributed by atoms with E-state index in [-0.39, 0.29) is 10.8 Å². The maximum atomic E-state index is 12.8. The van der Waals surface area contributed by atoms with Crippen molar-refractivity contribution in [3.8, 4) is 0 Å². The Hall–Kier alpha value is -3.12. The molecule has 3 rings (SSSR count). The molecule has 0 radical (unpaired) electrons. The summed E-state index contributed by atoms with van der Waals surface area (Å²) in [5, 5.41) is 2.85. The number of para-hydroxylation sites is 1. The van der Waals surface area contributed by atoms with E-state index >= 15 is 0 Å². The van der Waals surface area contributed by atoms with Gasteiger partial charge in [-0.3, -0.25) is 9.10 Å². The number of benzene rings is 3. The van der Waals surface area contributed by atoms with Crippen molar-refractivity contribution < 1.29 is 13.2 Å². The van der Waals surface area contributed by atoms with Crippen molar-refractivity contribution >= 4 is 21.6 Å².